The van der Waals surface area contributed by atoms with E-state index in [1.165, 1.54) is 7.11 Å². The van der Waals surface area contributed by atoms with E-state index >= 15 is 0 Å². The first-order valence-corrected chi connectivity index (χ1v) is 15.0. The van der Waals surface area contributed by atoms with Crippen molar-refractivity contribution < 1.29 is 32.2 Å². The molecule has 1 fully saturated rings. The van der Waals surface area contributed by atoms with Crippen LogP contribution in [0, 0.1) is 5.41 Å². The monoisotopic (exact) mass is 560 g/mol. The number of benzene rings is 2. The summed E-state index contributed by atoms with van der Waals surface area (Å²) in [7, 11) is -2.02. The summed E-state index contributed by atoms with van der Waals surface area (Å²) in [5.74, 6) is 0.329. The summed E-state index contributed by atoms with van der Waals surface area (Å²) in [6.45, 7) is 7.56. The Morgan fingerprint density at radius 1 is 1.13 bits per heavy atom. The summed E-state index contributed by atoms with van der Waals surface area (Å²) in [5, 5.41) is 2.73. The van der Waals surface area contributed by atoms with Gasteiger partial charge in [-0.15, -0.1) is 0 Å². The second kappa shape index (κ2) is 12.4. The lowest BCUT2D eigenvalue weighted by molar-refractivity contribution is -0.152. The van der Waals surface area contributed by atoms with E-state index in [2.05, 4.69) is 10.0 Å². The Morgan fingerprint density at radius 2 is 1.85 bits per heavy atom. The average Bonchev–Trinajstić information content (AvgIpc) is 3.23. The van der Waals surface area contributed by atoms with Crippen LogP contribution in [0.15, 0.2) is 48.5 Å². The number of hydrogen-bond acceptors (Lipinski definition) is 7. The summed E-state index contributed by atoms with van der Waals surface area (Å²) < 4.78 is 42.8. The van der Waals surface area contributed by atoms with Crippen LogP contribution in [-0.4, -0.2) is 58.1 Å². The molecule has 0 bridgehead atoms. The molecule has 1 aliphatic carbocycles. The van der Waals surface area contributed by atoms with Crippen LogP contribution >= 0.6 is 0 Å². The fourth-order valence-electron chi connectivity index (χ4n) is 5.01. The lowest BCUT2D eigenvalue weighted by Crippen LogP contribution is -2.37. The predicted molar refractivity (Wildman–Crippen MR) is 150 cm³/mol. The number of alkyl carbamates (subject to hydrolysis) is 1. The third-order valence-electron chi connectivity index (χ3n) is 6.54. The Hall–Kier alpha value is -3.11. The van der Waals surface area contributed by atoms with Crippen molar-refractivity contribution in [3.05, 3.63) is 54.1 Å². The zero-order chi connectivity index (χ0) is 28.8. The Bertz CT molecular complexity index is 1270. The van der Waals surface area contributed by atoms with Crippen molar-refractivity contribution in [2.24, 2.45) is 5.41 Å². The lowest BCUT2D eigenvalue weighted by Gasteiger charge is -2.27. The van der Waals surface area contributed by atoms with Crippen molar-refractivity contribution >= 4 is 22.1 Å². The zero-order valence-electron chi connectivity index (χ0n) is 23.6. The number of carbonyl (C=O) groups is 2. The Morgan fingerprint density at radius 3 is 2.51 bits per heavy atom. The maximum atomic E-state index is 12.9. The van der Waals surface area contributed by atoms with Gasteiger partial charge in [0.2, 0.25) is 10.0 Å². The largest absolute Gasteiger partial charge is 0.488 e. The molecule has 1 aliphatic rings. The van der Waals surface area contributed by atoms with E-state index in [9.17, 15) is 18.0 Å². The van der Waals surface area contributed by atoms with Gasteiger partial charge in [-0.3, -0.25) is 4.79 Å². The van der Waals surface area contributed by atoms with Crippen molar-refractivity contribution in [2.75, 3.05) is 19.9 Å². The molecular formula is C29H40N2O7S. The van der Waals surface area contributed by atoms with Crippen LogP contribution in [0.4, 0.5) is 4.79 Å². The second-order valence-corrected chi connectivity index (χ2v) is 13.1. The standard InChI is InChI=1S/C29H40N2O7S/c1-20(19-30-27(33)38-28(2,3)4)37-25-13-8-7-12-24(25)22-11-9-10-21(16-22)17-29(26(32)36-5)15-14-23(18-29)31-39(6,34)35/h7-13,16,20,23,31H,14-15,17-19H2,1-6H3,(H,30,33)/t20-,23+,29-/m1/s1. The number of carbonyl (C=O) groups excluding carboxylic acids is 2. The van der Waals surface area contributed by atoms with Crippen LogP contribution in [0.5, 0.6) is 5.75 Å². The molecule has 3 rings (SSSR count). The lowest BCUT2D eigenvalue weighted by atomic mass is 9.79. The van der Waals surface area contributed by atoms with Crippen LogP contribution in [0.1, 0.15) is 52.5 Å². The predicted octanol–water partition coefficient (Wildman–Crippen LogP) is 4.45. The number of ether oxygens (including phenoxy) is 3. The molecule has 2 aromatic carbocycles. The highest BCUT2D eigenvalue weighted by atomic mass is 32.2. The number of sulfonamides is 1. The van der Waals surface area contributed by atoms with E-state index in [1.807, 2.05) is 55.5 Å². The van der Waals surface area contributed by atoms with Crippen molar-refractivity contribution in [3.63, 3.8) is 0 Å². The quantitative estimate of drug-likeness (QED) is 0.412. The summed E-state index contributed by atoms with van der Waals surface area (Å²) in [5.41, 5.74) is 1.33. The molecule has 0 aromatic heterocycles. The molecule has 0 saturated heterocycles. The summed E-state index contributed by atoms with van der Waals surface area (Å²) >= 11 is 0. The Kier molecular flexibility index (Phi) is 9.66. The van der Waals surface area contributed by atoms with Crippen molar-refractivity contribution in [1.82, 2.24) is 10.0 Å². The fraction of sp³-hybridized carbons (Fsp3) is 0.517. The molecule has 2 aromatic rings. The number of nitrogens with one attached hydrogen (secondary N) is 2. The molecule has 0 spiro atoms. The van der Waals surface area contributed by atoms with Gasteiger partial charge in [0.1, 0.15) is 17.5 Å². The molecule has 214 valence electrons. The molecule has 0 aliphatic heterocycles. The fourth-order valence-corrected chi connectivity index (χ4v) is 5.82. The molecule has 0 heterocycles. The van der Waals surface area contributed by atoms with Gasteiger partial charge in [0.05, 0.1) is 25.3 Å². The van der Waals surface area contributed by atoms with E-state index < -0.39 is 27.1 Å². The van der Waals surface area contributed by atoms with Gasteiger partial charge in [0.15, 0.2) is 0 Å². The van der Waals surface area contributed by atoms with Gasteiger partial charge < -0.3 is 19.5 Å². The number of para-hydroxylation sites is 1. The Labute approximate surface area is 231 Å². The van der Waals surface area contributed by atoms with E-state index in [-0.39, 0.29) is 24.7 Å². The molecule has 2 N–H and O–H groups in total. The number of rotatable bonds is 10. The van der Waals surface area contributed by atoms with Crippen molar-refractivity contribution in [3.8, 4) is 16.9 Å². The van der Waals surface area contributed by atoms with Crippen LogP contribution < -0.4 is 14.8 Å². The number of methoxy groups -OCH3 is 1. The highest BCUT2D eigenvalue weighted by molar-refractivity contribution is 7.88. The highest BCUT2D eigenvalue weighted by Crippen LogP contribution is 2.43. The van der Waals surface area contributed by atoms with Crippen LogP contribution in [0.25, 0.3) is 11.1 Å². The first kappa shape index (κ1) is 30.4. The van der Waals surface area contributed by atoms with E-state index in [4.69, 9.17) is 14.2 Å². The van der Waals surface area contributed by atoms with Gasteiger partial charge in [0.25, 0.3) is 0 Å². The summed E-state index contributed by atoms with van der Waals surface area (Å²) in [4.78, 5) is 24.9. The van der Waals surface area contributed by atoms with Gasteiger partial charge >= 0.3 is 12.1 Å². The molecule has 9 nitrogen and oxygen atoms in total. The molecule has 1 saturated carbocycles. The van der Waals surface area contributed by atoms with Gasteiger partial charge in [-0.1, -0.05) is 42.5 Å². The molecule has 0 unspecified atom stereocenters. The van der Waals surface area contributed by atoms with Crippen LogP contribution in [-0.2, 0) is 30.7 Å². The normalized spacial score (nSPS) is 20.2. The minimum Gasteiger partial charge on any atom is -0.488 e. The van der Waals surface area contributed by atoms with Gasteiger partial charge in [-0.05, 0) is 70.6 Å². The molecule has 0 radical (unpaired) electrons. The maximum absolute atomic E-state index is 12.9. The summed E-state index contributed by atoms with van der Waals surface area (Å²) in [6.07, 6.45) is 2.20. The van der Waals surface area contributed by atoms with E-state index in [1.54, 1.807) is 20.8 Å². The molecular weight excluding hydrogens is 520 g/mol. The van der Waals surface area contributed by atoms with Crippen molar-refractivity contribution in [2.45, 2.75) is 71.1 Å². The first-order chi connectivity index (χ1) is 18.2. The van der Waals surface area contributed by atoms with Gasteiger partial charge in [-0.25, -0.2) is 17.9 Å². The maximum Gasteiger partial charge on any atom is 0.407 e. The smallest absolute Gasteiger partial charge is 0.407 e. The van der Waals surface area contributed by atoms with Crippen LogP contribution in [0.3, 0.4) is 0 Å². The van der Waals surface area contributed by atoms with Gasteiger partial charge in [0, 0.05) is 11.6 Å². The SMILES string of the molecule is COC(=O)[C@@]1(Cc2cccc(-c3ccccc3O[C@H](C)CNC(=O)OC(C)(C)C)c2)CC[C@H](NS(C)(=O)=O)C1. The van der Waals surface area contributed by atoms with E-state index in [0.29, 0.717) is 31.4 Å². The molecule has 1 amide bonds. The third kappa shape index (κ3) is 8.96. The molecule has 39 heavy (non-hydrogen) atoms. The topological polar surface area (TPSA) is 120 Å². The number of amides is 1. The Balaban J connectivity index is 1.76. The first-order valence-electron chi connectivity index (χ1n) is 13.1. The molecule has 3 atom stereocenters. The van der Waals surface area contributed by atoms with Crippen molar-refractivity contribution in [1.29, 1.82) is 0 Å². The number of hydrogen-bond donors (Lipinski definition) is 2. The highest BCUT2D eigenvalue weighted by Gasteiger charge is 2.46. The third-order valence-corrected chi connectivity index (χ3v) is 7.30. The number of esters is 1. The van der Waals surface area contributed by atoms with Crippen LogP contribution in [0.2, 0.25) is 0 Å². The zero-order valence-corrected chi connectivity index (χ0v) is 24.4. The minimum absolute atomic E-state index is 0.271. The van der Waals surface area contributed by atoms with E-state index in [0.717, 1.165) is 22.9 Å². The molecule has 10 heteroatoms. The minimum atomic E-state index is -3.38. The summed E-state index contributed by atoms with van der Waals surface area (Å²) in [6, 6.07) is 15.2. The van der Waals surface area contributed by atoms with Gasteiger partial charge in [-0.2, -0.15) is 0 Å². The average molecular weight is 561 g/mol. The second-order valence-electron chi connectivity index (χ2n) is 11.3.